The maximum Gasteiger partial charge on any atom is 0.165 e. The molecule has 0 bridgehead atoms. The van der Waals surface area contributed by atoms with Crippen LogP contribution in [0.1, 0.15) is 78.2 Å². The molecule has 0 saturated carbocycles. The molecule has 1 fully saturated rings. The summed E-state index contributed by atoms with van der Waals surface area (Å²) in [5.74, 6) is 12.3. The zero-order valence-corrected chi connectivity index (χ0v) is 21.8. The Morgan fingerprint density at radius 3 is 2.35 bits per heavy atom. The van der Waals surface area contributed by atoms with Crippen LogP contribution < -0.4 is 4.74 Å². The van der Waals surface area contributed by atoms with Crippen molar-refractivity contribution in [2.24, 2.45) is 0 Å². The van der Waals surface area contributed by atoms with Crippen molar-refractivity contribution in [1.29, 1.82) is 0 Å². The van der Waals surface area contributed by atoms with E-state index >= 15 is 0 Å². The summed E-state index contributed by atoms with van der Waals surface area (Å²) in [5.41, 5.74) is 1.08. The van der Waals surface area contributed by atoms with Gasteiger partial charge in [0.15, 0.2) is 11.9 Å². The van der Waals surface area contributed by atoms with Gasteiger partial charge in [0.05, 0.1) is 19.8 Å². The van der Waals surface area contributed by atoms with E-state index < -0.39 is 5.79 Å². The highest BCUT2D eigenvalue weighted by atomic mass is 16.8. The van der Waals surface area contributed by atoms with Crippen molar-refractivity contribution in [1.82, 2.24) is 0 Å². The van der Waals surface area contributed by atoms with Gasteiger partial charge in [-0.1, -0.05) is 69.9 Å². The van der Waals surface area contributed by atoms with Crippen LogP contribution >= 0.6 is 0 Å². The number of hydrogen-bond donors (Lipinski definition) is 0. The van der Waals surface area contributed by atoms with Crippen LogP contribution in [-0.2, 0) is 25.6 Å². The van der Waals surface area contributed by atoms with Crippen LogP contribution in [0, 0.1) is 23.7 Å². The van der Waals surface area contributed by atoms with Crippen LogP contribution in [0.25, 0.3) is 0 Å². The summed E-state index contributed by atoms with van der Waals surface area (Å²) in [5, 5.41) is 0. The van der Waals surface area contributed by atoms with Gasteiger partial charge in [-0.25, -0.2) is 0 Å². The fourth-order valence-electron chi connectivity index (χ4n) is 3.94. The van der Waals surface area contributed by atoms with Crippen molar-refractivity contribution >= 4 is 0 Å². The number of hydrogen-bond acceptors (Lipinski definition) is 5. The predicted octanol–water partition coefficient (Wildman–Crippen LogP) is 5.89. The van der Waals surface area contributed by atoms with Gasteiger partial charge in [0, 0.05) is 7.11 Å². The first-order valence-electron chi connectivity index (χ1n) is 12.6. The second-order valence-electron chi connectivity index (χ2n) is 9.09. The molecule has 2 rings (SSSR count). The third-order valence-electron chi connectivity index (χ3n) is 5.88. The van der Waals surface area contributed by atoms with Crippen LogP contribution in [0.4, 0.5) is 0 Å². The number of methoxy groups -OCH3 is 2. The molecule has 0 spiro atoms. The van der Waals surface area contributed by atoms with Gasteiger partial charge < -0.3 is 23.7 Å². The van der Waals surface area contributed by atoms with Gasteiger partial charge in [0.25, 0.3) is 0 Å². The van der Waals surface area contributed by atoms with Gasteiger partial charge in [-0.05, 0) is 56.2 Å². The molecule has 34 heavy (non-hydrogen) atoms. The van der Waals surface area contributed by atoms with E-state index in [0.717, 1.165) is 30.6 Å². The van der Waals surface area contributed by atoms with E-state index in [1.54, 1.807) is 14.2 Å². The predicted molar refractivity (Wildman–Crippen MR) is 135 cm³/mol. The van der Waals surface area contributed by atoms with E-state index in [1.807, 2.05) is 38.1 Å². The van der Waals surface area contributed by atoms with E-state index in [1.165, 1.54) is 25.7 Å². The zero-order valence-electron chi connectivity index (χ0n) is 21.8. The van der Waals surface area contributed by atoms with E-state index in [-0.39, 0.29) is 24.4 Å². The average molecular weight is 471 g/mol. The fourth-order valence-corrected chi connectivity index (χ4v) is 3.94. The number of rotatable bonds is 13. The van der Waals surface area contributed by atoms with Crippen LogP contribution in [-0.4, -0.2) is 44.4 Å². The van der Waals surface area contributed by atoms with Crippen LogP contribution in [0.2, 0.25) is 0 Å². The van der Waals surface area contributed by atoms with Crippen LogP contribution in [0.5, 0.6) is 5.75 Å². The maximum absolute atomic E-state index is 6.16. The average Bonchev–Trinajstić information content (AvgIpc) is 3.15. The lowest BCUT2D eigenvalue weighted by molar-refractivity contribution is -0.156. The number of unbranched alkanes of at least 4 members (excludes halogenated alkanes) is 4. The summed E-state index contributed by atoms with van der Waals surface area (Å²) in [6.07, 6.45) is 7.00. The third-order valence-corrected chi connectivity index (χ3v) is 5.88. The van der Waals surface area contributed by atoms with Crippen LogP contribution in [0.3, 0.4) is 0 Å². The lowest BCUT2D eigenvalue weighted by Crippen LogP contribution is -2.36. The van der Waals surface area contributed by atoms with E-state index in [9.17, 15) is 0 Å². The Labute approximate surface area is 206 Å². The van der Waals surface area contributed by atoms with Crippen molar-refractivity contribution in [3.05, 3.63) is 29.8 Å². The summed E-state index contributed by atoms with van der Waals surface area (Å²) in [6.45, 7) is 8.61. The first-order valence-corrected chi connectivity index (χ1v) is 12.6. The van der Waals surface area contributed by atoms with Gasteiger partial charge in [-0.2, -0.15) is 0 Å². The zero-order chi connectivity index (χ0) is 24.8. The Kier molecular flexibility index (Phi) is 12.5. The first-order chi connectivity index (χ1) is 16.4. The molecular formula is C29H42O5. The van der Waals surface area contributed by atoms with Crippen LogP contribution in [0.15, 0.2) is 24.3 Å². The molecule has 4 atom stereocenters. The van der Waals surface area contributed by atoms with Crippen molar-refractivity contribution in [3.8, 4) is 29.4 Å². The molecule has 1 aromatic carbocycles. The lowest BCUT2D eigenvalue weighted by atomic mass is 10.0. The Morgan fingerprint density at radius 2 is 1.71 bits per heavy atom. The summed E-state index contributed by atoms with van der Waals surface area (Å²) in [6, 6.07) is 7.84. The monoisotopic (exact) mass is 470 g/mol. The molecule has 5 heteroatoms. The molecule has 0 aromatic heterocycles. The van der Waals surface area contributed by atoms with E-state index in [0.29, 0.717) is 6.61 Å². The Morgan fingerprint density at radius 1 is 0.971 bits per heavy atom. The van der Waals surface area contributed by atoms with Crippen molar-refractivity contribution in [3.63, 3.8) is 0 Å². The minimum Gasteiger partial charge on any atom is -0.497 e. The minimum absolute atomic E-state index is 0.0492. The van der Waals surface area contributed by atoms with Crippen molar-refractivity contribution < 1.29 is 23.7 Å². The highest BCUT2D eigenvalue weighted by Gasteiger charge is 2.44. The molecule has 0 radical (unpaired) electrons. The third kappa shape index (κ3) is 9.69. The maximum atomic E-state index is 6.16. The smallest absolute Gasteiger partial charge is 0.165 e. The molecule has 1 saturated heterocycles. The fraction of sp³-hybridized carbons (Fsp3) is 0.655. The SMILES string of the molecule is CCCCCCC[C@@H](OC)[C@@H]1OC(C)(C)O[C@@H]1C#CC#C[C@H](CC)OCc1ccc(OC)cc1. The Bertz CT molecular complexity index is 824. The van der Waals surface area contributed by atoms with E-state index in [2.05, 4.69) is 37.5 Å². The molecule has 0 aliphatic carbocycles. The number of benzene rings is 1. The van der Waals surface area contributed by atoms with Crippen molar-refractivity contribution in [2.75, 3.05) is 14.2 Å². The standard InChI is InChI=1S/C29H42O5/c1-7-9-10-11-12-16-26(31-6)28-27(33-29(3,4)34-28)17-14-13-15-24(8-2)32-22-23-18-20-25(30-5)21-19-23/h18-21,24,26-28H,7-12,16,22H2,1-6H3/t24-,26+,27+,28-/m0/s1. The van der Waals surface area contributed by atoms with Gasteiger partial charge in [-0.3, -0.25) is 0 Å². The van der Waals surface area contributed by atoms with Gasteiger partial charge in [-0.15, -0.1) is 0 Å². The Balaban J connectivity index is 1.94. The highest BCUT2D eigenvalue weighted by Crippen LogP contribution is 2.32. The summed E-state index contributed by atoms with van der Waals surface area (Å²) in [7, 11) is 3.40. The van der Waals surface area contributed by atoms with Crippen molar-refractivity contribution in [2.45, 2.75) is 109 Å². The van der Waals surface area contributed by atoms with Gasteiger partial charge in [0.2, 0.25) is 0 Å². The quantitative estimate of drug-likeness (QED) is 0.266. The molecule has 0 amide bonds. The summed E-state index contributed by atoms with van der Waals surface area (Å²) < 4.78 is 29.1. The molecule has 1 aliphatic rings. The Hall–Kier alpha value is -2.02. The second-order valence-corrected chi connectivity index (χ2v) is 9.09. The molecule has 188 valence electrons. The topological polar surface area (TPSA) is 46.2 Å². The van der Waals surface area contributed by atoms with E-state index in [4.69, 9.17) is 23.7 Å². The molecule has 1 aromatic rings. The molecule has 0 unspecified atom stereocenters. The summed E-state index contributed by atoms with van der Waals surface area (Å²) in [4.78, 5) is 0. The second kappa shape index (κ2) is 15.1. The number of ether oxygens (including phenoxy) is 5. The minimum atomic E-state index is -0.691. The lowest BCUT2D eigenvalue weighted by Gasteiger charge is -2.24. The van der Waals surface area contributed by atoms with Gasteiger partial charge in [0.1, 0.15) is 18.0 Å². The molecule has 1 aliphatic heterocycles. The highest BCUT2D eigenvalue weighted by molar-refractivity contribution is 5.30. The molecule has 1 heterocycles. The molecule has 5 nitrogen and oxygen atoms in total. The molecular weight excluding hydrogens is 428 g/mol. The normalized spacial score (nSPS) is 20.5. The van der Waals surface area contributed by atoms with Gasteiger partial charge >= 0.3 is 0 Å². The largest absolute Gasteiger partial charge is 0.497 e. The first kappa shape index (κ1) is 28.2. The summed E-state index contributed by atoms with van der Waals surface area (Å²) >= 11 is 0. The molecule has 0 N–H and O–H groups in total.